The molecule has 0 aromatic rings. The van der Waals surface area contributed by atoms with E-state index in [1.807, 2.05) is 0 Å². The van der Waals surface area contributed by atoms with Gasteiger partial charge in [-0.2, -0.15) is 0 Å². The quantitative estimate of drug-likeness (QED) is 0.592. The minimum Gasteiger partial charge on any atom is -0.127 e. The summed E-state index contributed by atoms with van der Waals surface area (Å²) in [6, 6.07) is 0. The van der Waals surface area contributed by atoms with Gasteiger partial charge in [-0.1, -0.05) is 18.2 Å². The molecule has 0 radical (unpaired) electrons. The van der Waals surface area contributed by atoms with Gasteiger partial charge in [0.15, 0.2) is 0 Å². The lowest BCUT2D eigenvalue weighted by Crippen LogP contribution is -1.97. The lowest BCUT2D eigenvalue weighted by Gasteiger charge is -2.03. The Kier molecular flexibility index (Phi) is 5.77. The van der Waals surface area contributed by atoms with E-state index in [0.29, 0.717) is 17.3 Å². The summed E-state index contributed by atoms with van der Waals surface area (Å²) in [6.07, 6.45) is 1.44. The Hall–Kier alpha value is 0.610. The van der Waals surface area contributed by atoms with Crippen LogP contribution in [0.2, 0.25) is 0 Å². The van der Waals surface area contributed by atoms with Crippen LogP contribution in [0.5, 0.6) is 0 Å². The molecule has 0 aromatic carbocycles. The summed E-state index contributed by atoms with van der Waals surface area (Å²) in [5.74, 6) is 0.582. The van der Waals surface area contributed by atoms with Gasteiger partial charge in [-0.05, 0) is 12.8 Å². The van der Waals surface area contributed by atoms with Crippen molar-refractivity contribution in [2.45, 2.75) is 18.2 Å². The van der Waals surface area contributed by atoms with E-state index in [9.17, 15) is 0 Å². The highest BCUT2D eigenvalue weighted by atomic mass is 35.5. The van der Waals surface area contributed by atoms with Crippen molar-refractivity contribution in [3.63, 3.8) is 0 Å². The Balaban J connectivity index is 3.26. The largest absolute Gasteiger partial charge is 0.127 e. The topological polar surface area (TPSA) is 0 Å². The van der Waals surface area contributed by atoms with E-state index in [4.69, 9.17) is 34.8 Å². The molecule has 0 saturated heterocycles. The SMILES string of the molecule is C=C(Cl)CC(Cl)CCCl. The molecule has 0 saturated carbocycles. The first kappa shape index (κ1) is 9.61. The van der Waals surface area contributed by atoms with Gasteiger partial charge in [0.2, 0.25) is 0 Å². The summed E-state index contributed by atoms with van der Waals surface area (Å²) in [7, 11) is 0. The van der Waals surface area contributed by atoms with Crippen molar-refractivity contribution >= 4 is 34.8 Å². The molecule has 0 aliphatic heterocycles. The molecule has 0 aromatic heterocycles. The first-order valence-corrected chi connectivity index (χ1v) is 4.05. The van der Waals surface area contributed by atoms with Gasteiger partial charge in [0.1, 0.15) is 0 Å². The van der Waals surface area contributed by atoms with E-state index in [0.717, 1.165) is 6.42 Å². The molecule has 0 heterocycles. The van der Waals surface area contributed by atoms with E-state index < -0.39 is 0 Å². The molecule has 0 aliphatic carbocycles. The molecule has 0 fully saturated rings. The van der Waals surface area contributed by atoms with Gasteiger partial charge in [-0.15, -0.1) is 23.2 Å². The Morgan fingerprint density at radius 3 is 2.44 bits per heavy atom. The maximum Gasteiger partial charge on any atom is 0.0396 e. The normalized spacial score (nSPS) is 13.2. The predicted molar refractivity (Wildman–Crippen MR) is 44.6 cm³/mol. The van der Waals surface area contributed by atoms with E-state index in [2.05, 4.69) is 6.58 Å². The van der Waals surface area contributed by atoms with Crippen molar-refractivity contribution in [2.24, 2.45) is 0 Å². The number of hydrogen-bond donors (Lipinski definition) is 0. The molecule has 9 heavy (non-hydrogen) atoms. The molecule has 3 heteroatoms. The summed E-state index contributed by atoms with van der Waals surface area (Å²) in [4.78, 5) is 0. The fourth-order valence-electron chi connectivity index (χ4n) is 0.461. The van der Waals surface area contributed by atoms with Gasteiger partial charge in [-0.3, -0.25) is 0 Å². The molecular weight excluding hydrogens is 178 g/mol. The van der Waals surface area contributed by atoms with Gasteiger partial charge < -0.3 is 0 Å². The van der Waals surface area contributed by atoms with Gasteiger partial charge in [0.25, 0.3) is 0 Å². The minimum absolute atomic E-state index is 0.0486. The lowest BCUT2D eigenvalue weighted by molar-refractivity contribution is 0.824. The van der Waals surface area contributed by atoms with Crippen LogP contribution in [-0.2, 0) is 0 Å². The molecule has 0 spiro atoms. The highest BCUT2D eigenvalue weighted by molar-refractivity contribution is 6.30. The van der Waals surface area contributed by atoms with E-state index in [-0.39, 0.29) is 5.38 Å². The molecule has 54 valence electrons. The summed E-state index contributed by atoms with van der Waals surface area (Å²) < 4.78 is 0. The number of alkyl halides is 2. The number of allylic oxidation sites excluding steroid dienone is 1. The van der Waals surface area contributed by atoms with Crippen LogP contribution in [0, 0.1) is 0 Å². The highest BCUT2D eigenvalue weighted by Gasteiger charge is 2.03. The Morgan fingerprint density at radius 1 is 1.56 bits per heavy atom. The first-order valence-electron chi connectivity index (χ1n) is 2.70. The standard InChI is InChI=1S/C6H9Cl3/c1-5(8)4-6(9)2-3-7/h6H,1-4H2. The van der Waals surface area contributed by atoms with Crippen LogP contribution in [0.25, 0.3) is 0 Å². The van der Waals surface area contributed by atoms with Crippen LogP contribution in [0.3, 0.4) is 0 Å². The van der Waals surface area contributed by atoms with Gasteiger partial charge in [0.05, 0.1) is 0 Å². The Bertz CT molecular complexity index is 90.3. The van der Waals surface area contributed by atoms with E-state index >= 15 is 0 Å². The molecule has 0 bridgehead atoms. The zero-order valence-electron chi connectivity index (χ0n) is 5.04. The minimum atomic E-state index is 0.0486. The molecule has 1 atom stereocenters. The number of rotatable bonds is 4. The fraction of sp³-hybridized carbons (Fsp3) is 0.667. The van der Waals surface area contributed by atoms with Gasteiger partial charge >= 0.3 is 0 Å². The summed E-state index contributed by atoms with van der Waals surface area (Å²) in [5, 5.41) is 0.646. The average Bonchev–Trinajstić information content (AvgIpc) is 1.63. The van der Waals surface area contributed by atoms with Crippen molar-refractivity contribution in [2.75, 3.05) is 5.88 Å². The van der Waals surface area contributed by atoms with Gasteiger partial charge in [-0.25, -0.2) is 0 Å². The third kappa shape index (κ3) is 6.50. The van der Waals surface area contributed by atoms with Crippen molar-refractivity contribution in [3.05, 3.63) is 11.6 Å². The number of hydrogen-bond acceptors (Lipinski definition) is 0. The maximum atomic E-state index is 5.75. The summed E-state index contributed by atoms with van der Waals surface area (Å²) in [6.45, 7) is 3.52. The van der Waals surface area contributed by atoms with Crippen LogP contribution in [-0.4, -0.2) is 11.3 Å². The molecule has 1 unspecified atom stereocenters. The third-order valence-electron chi connectivity index (χ3n) is 0.865. The monoisotopic (exact) mass is 186 g/mol. The fourth-order valence-corrected chi connectivity index (χ4v) is 1.40. The Labute approximate surface area is 70.8 Å². The Morgan fingerprint density at radius 2 is 2.11 bits per heavy atom. The van der Waals surface area contributed by atoms with Gasteiger partial charge in [0, 0.05) is 16.3 Å². The zero-order chi connectivity index (χ0) is 7.28. The third-order valence-corrected chi connectivity index (χ3v) is 1.61. The maximum absolute atomic E-state index is 5.75. The second kappa shape index (κ2) is 5.40. The summed E-state index contributed by atoms with van der Waals surface area (Å²) >= 11 is 16.7. The van der Waals surface area contributed by atoms with E-state index in [1.54, 1.807) is 0 Å². The average molecular weight is 187 g/mol. The van der Waals surface area contributed by atoms with Crippen LogP contribution < -0.4 is 0 Å². The second-order valence-electron chi connectivity index (χ2n) is 1.80. The molecule has 0 aliphatic rings. The van der Waals surface area contributed by atoms with Crippen molar-refractivity contribution in [3.8, 4) is 0 Å². The van der Waals surface area contributed by atoms with Crippen LogP contribution >= 0.6 is 34.8 Å². The predicted octanol–water partition coefficient (Wildman–Crippen LogP) is 3.37. The lowest BCUT2D eigenvalue weighted by atomic mass is 10.2. The molecule has 0 N–H and O–H groups in total. The van der Waals surface area contributed by atoms with Crippen LogP contribution in [0.15, 0.2) is 11.6 Å². The molecule has 0 amide bonds. The first-order chi connectivity index (χ1) is 4.16. The van der Waals surface area contributed by atoms with Crippen molar-refractivity contribution in [1.29, 1.82) is 0 Å². The second-order valence-corrected chi connectivity index (χ2v) is 3.33. The zero-order valence-corrected chi connectivity index (χ0v) is 7.31. The van der Waals surface area contributed by atoms with Crippen LogP contribution in [0.4, 0.5) is 0 Å². The molecule has 0 rings (SSSR count). The van der Waals surface area contributed by atoms with Crippen molar-refractivity contribution < 1.29 is 0 Å². The van der Waals surface area contributed by atoms with Crippen LogP contribution in [0.1, 0.15) is 12.8 Å². The van der Waals surface area contributed by atoms with E-state index in [1.165, 1.54) is 0 Å². The highest BCUT2D eigenvalue weighted by Crippen LogP contribution is 2.15. The molecule has 0 nitrogen and oxygen atoms in total. The summed E-state index contributed by atoms with van der Waals surface area (Å²) in [5.41, 5.74) is 0. The number of halogens is 3. The van der Waals surface area contributed by atoms with Crippen molar-refractivity contribution in [1.82, 2.24) is 0 Å². The smallest absolute Gasteiger partial charge is 0.0396 e. The molecular formula is C6H9Cl3.